The first-order valence-corrected chi connectivity index (χ1v) is 7.02. The molecule has 1 aromatic carbocycles. The lowest BCUT2D eigenvalue weighted by molar-refractivity contribution is -0.119. The maximum absolute atomic E-state index is 11.3. The Bertz CT molecular complexity index is 446. The molecule has 0 amide bonds. The number of hydrogen-bond donors (Lipinski definition) is 0. The van der Waals surface area contributed by atoms with E-state index in [1.165, 1.54) is 0 Å². The van der Waals surface area contributed by atoms with E-state index in [1.807, 2.05) is 30.3 Å². The van der Waals surface area contributed by atoms with Crippen LogP contribution in [0.2, 0.25) is 0 Å². The Morgan fingerprint density at radius 1 is 1.25 bits per heavy atom. The Balaban J connectivity index is 1.54. The van der Waals surface area contributed by atoms with E-state index < -0.39 is 21.2 Å². The van der Waals surface area contributed by atoms with Gasteiger partial charge in [0.15, 0.2) is 6.10 Å². The van der Waals surface area contributed by atoms with Crippen molar-refractivity contribution in [1.82, 2.24) is 0 Å². The van der Waals surface area contributed by atoms with Gasteiger partial charge in [-0.2, -0.15) is 0 Å². The lowest BCUT2D eigenvalue weighted by Gasteiger charge is -2.24. The van der Waals surface area contributed by atoms with Gasteiger partial charge in [-0.15, -0.1) is 4.52 Å². The molecule has 1 aliphatic rings. The summed E-state index contributed by atoms with van der Waals surface area (Å²) >= 11 is 0. The monoisotopic (exact) mass is 301 g/mol. The number of carbonyl (C=O) groups excluding carboxylic acids is 1. The summed E-state index contributed by atoms with van der Waals surface area (Å²) in [7, 11) is -2.35. The van der Waals surface area contributed by atoms with Crippen molar-refractivity contribution in [3.05, 3.63) is 35.9 Å². The molecule has 1 heterocycles. The molecular formula is C12H14O7P+. The van der Waals surface area contributed by atoms with Gasteiger partial charge in [-0.1, -0.05) is 34.9 Å². The molecule has 1 unspecified atom stereocenters. The summed E-state index contributed by atoms with van der Waals surface area (Å²) in [6.45, 7) is 0.394. The van der Waals surface area contributed by atoms with E-state index in [2.05, 4.69) is 4.74 Å². The predicted molar refractivity (Wildman–Crippen MR) is 67.0 cm³/mol. The second-order valence-electron chi connectivity index (χ2n) is 3.90. The molecule has 1 saturated heterocycles. The highest BCUT2D eigenvalue weighted by molar-refractivity contribution is 7.33. The van der Waals surface area contributed by atoms with Crippen LogP contribution >= 0.6 is 8.25 Å². The largest absolute Gasteiger partial charge is 0.701 e. The smallest absolute Gasteiger partial charge is 0.426 e. The van der Waals surface area contributed by atoms with Gasteiger partial charge in [-0.25, -0.2) is 4.79 Å². The standard InChI is InChI=1S/C12H14O7P/c13-12(19-11-7-15-8-11)16-9-18-20(14)17-6-10-4-2-1-3-5-10/h1-5,11H,6-9H2/q+1. The lowest BCUT2D eigenvalue weighted by atomic mass is 10.2. The van der Waals surface area contributed by atoms with Gasteiger partial charge >= 0.3 is 14.4 Å². The Kier molecular flexibility index (Phi) is 5.88. The first-order valence-electron chi connectivity index (χ1n) is 5.92. The molecule has 0 aromatic heterocycles. The molecule has 0 bridgehead atoms. The summed E-state index contributed by atoms with van der Waals surface area (Å²) in [5.74, 6) is 0. The second-order valence-corrected chi connectivity index (χ2v) is 4.86. The predicted octanol–water partition coefficient (Wildman–Crippen LogP) is 2.39. The third-order valence-corrected chi connectivity index (χ3v) is 3.04. The van der Waals surface area contributed by atoms with Crippen LogP contribution in [-0.2, 0) is 34.4 Å². The van der Waals surface area contributed by atoms with Crippen molar-refractivity contribution in [3.8, 4) is 0 Å². The van der Waals surface area contributed by atoms with E-state index in [0.29, 0.717) is 13.2 Å². The van der Waals surface area contributed by atoms with Gasteiger partial charge in [0.1, 0.15) is 6.61 Å². The van der Waals surface area contributed by atoms with Crippen LogP contribution in [0.15, 0.2) is 30.3 Å². The van der Waals surface area contributed by atoms with Crippen LogP contribution in [0, 0.1) is 0 Å². The van der Waals surface area contributed by atoms with Gasteiger partial charge in [0.2, 0.25) is 0 Å². The SMILES string of the molecule is O=C(OCO[P+](=O)OCc1ccccc1)OC1COC1. The third kappa shape index (κ3) is 5.22. The zero-order chi connectivity index (χ0) is 14.2. The Hall–Kier alpha value is -1.53. The molecule has 0 aliphatic carbocycles. The third-order valence-electron chi connectivity index (χ3n) is 2.38. The number of rotatable bonds is 7. The second kappa shape index (κ2) is 7.91. The quantitative estimate of drug-likeness (QED) is 0.434. The van der Waals surface area contributed by atoms with Crippen LogP contribution in [0.25, 0.3) is 0 Å². The highest BCUT2D eigenvalue weighted by Crippen LogP contribution is 2.25. The van der Waals surface area contributed by atoms with Crippen LogP contribution in [-0.4, -0.2) is 32.3 Å². The van der Waals surface area contributed by atoms with E-state index in [9.17, 15) is 9.36 Å². The molecule has 1 aromatic rings. The van der Waals surface area contributed by atoms with Crippen LogP contribution in [0.5, 0.6) is 0 Å². The molecule has 108 valence electrons. The molecule has 7 nitrogen and oxygen atoms in total. The van der Waals surface area contributed by atoms with Crippen LogP contribution in [0.1, 0.15) is 5.56 Å². The Morgan fingerprint density at radius 2 is 2.00 bits per heavy atom. The maximum Gasteiger partial charge on any atom is 0.701 e. The average molecular weight is 301 g/mol. The van der Waals surface area contributed by atoms with Gasteiger partial charge in [0, 0.05) is 4.57 Å². The van der Waals surface area contributed by atoms with Crippen molar-refractivity contribution in [2.75, 3.05) is 20.0 Å². The first kappa shape index (κ1) is 14.9. The Morgan fingerprint density at radius 3 is 2.65 bits per heavy atom. The number of hydrogen-bond acceptors (Lipinski definition) is 7. The summed E-state index contributed by atoms with van der Waals surface area (Å²) in [5.41, 5.74) is 0.866. The van der Waals surface area contributed by atoms with Gasteiger partial charge in [0.05, 0.1) is 13.2 Å². The summed E-state index contributed by atoms with van der Waals surface area (Å²) in [5, 5.41) is 0. The van der Waals surface area contributed by atoms with Crippen molar-refractivity contribution < 1.29 is 32.6 Å². The molecule has 0 radical (unpaired) electrons. The summed E-state index contributed by atoms with van der Waals surface area (Å²) in [6.07, 6.45) is -1.16. The van der Waals surface area contributed by atoms with Crippen LogP contribution < -0.4 is 0 Å². The molecule has 0 spiro atoms. The number of carbonyl (C=O) groups is 1. The zero-order valence-electron chi connectivity index (χ0n) is 10.6. The normalized spacial score (nSPS) is 15.3. The minimum atomic E-state index is -2.35. The molecule has 1 atom stereocenters. The van der Waals surface area contributed by atoms with Crippen molar-refractivity contribution in [3.63, 3.8) is 0 Å². The number of ether oxygens (including phenoxy) is 3. The Labute approximate surface area is 116 Å². The van der Waals surface area contributed by atoms with Gasteiger partial charge in [0.25, 0.3) is 6.79 Å². The van der Waals surface area contributed by atoms with E-state index in [-0.39, 0.29) is 12.7 Å². The molecule has 20 heavy (non-hydrogen) atoms. The van der Waals surface area contributed by atoms with Crippen molar-refractivity contribution in [1.29, 1.82) is 0 Å². The van der Waals surface area contributed by atoms with E-state index in [4.69, 9.17) is 18.5 Å². The van der Waals surface area contributed by atoms with Gasteiger partial charge in [-0.3, -0.25) is 0 Å². The highest BCUT2D eigenvalue weighted by Gasteiger charge is 2.25. The summed E-state index contributed by atoms with van der Waals surface area (Å²) < 4.78 is 35.2. The summed E-state index contributed by atoms with van der Waals surface area (Å²) in [6, 6.07) is 9.22. The molecule has 0 N–H and O–H groups in total. The molecular weight excluding hydrogens is 287 g/mol. The average Bonchev–Trinajstić information content (AvgIpc) is 2.42. The van der Waals surface area contributed by atoms with E-state index in [0.717, 1.165) is 5.56 Å². The van der Waals surface area contributed by atoms with E-state index >= 15 is 0 Å². The van der Waals surface area contributed by atoms with Gasteiger partial charge < -0.3 is 14.2 Å². The van der Waals surface area contributed by atoms with Crippen molar-refractivity contribution in [2.45, 2.75) is 12.7 Å². The summed E-state index contributed by atoms with van der Waals surface area (Å²) in [4.78, 5) is 11.1. The maximum atomic E-state index is 11.3. The molecule has 0 saturated carbocycles. The molecule has 1 aliphatic heterocycles. The topological polar surface area (TPSA) is 80.3 Å². The fourth-order valence-corrected chi connectivity index (χ4v) is 1.78. The fraction of sp³-hybridized carbons (Fsp3) is 0.417. The molecule has 1 fully saturated rings. The molecule has 8 heteroatoms. The highest BCUT2D eigenvalue weighted by atomic mass is 31.1. The molecule has 2 rings (SSSR count). The van der Waals surface area contributed by atoms with E-state index in [1.54, 1.807) is 0 Å². The van der Waals surface area contributed by atoms with Crippen molar-refractivity contribution in [2.24, 2.45) is 0 Å². The minimum Gasteiger partial charge on any atom is -0.426 e. The van der Waals surface area contributed by atoms with Crippen molar-refractivity contribution >= 4 is 14.4 Å². The van der Waals surface area contributed by atoms with Crippen LogP contribution in [0.4, 0.5) is 4.79 Å². The zero-order valence-corrected chi connectivity index (χ0v) is 11.5. The van der Waals surface area contributed by atoms with Crippen LogP contribution in [0.3, 0.4) is 0 Å². The fourth-order valence-electron chi connectivity index (χ4n) is 1.31. The lowest BCUT2D eigenvalue weighted by Crippen LogP contribution is -2.38. The minimum absolute atomic E-state index is 0.153. The first-order chi connectivity index (χ1) is 9.74. The number of benzene rings is 1. The van der Waals surface area contributed by atoms with Gasteiger partial charge in [-0.05, 0) is 5.56 Å².